The summed E-state index contributed by atoms with van der Waals surface area (Å²) < 4.78 is 17.3. The number of carbonyl (C=O) groups excluding carboxylic acids is 1. The van der Waals surface area contributed by atoms with Crippen molar-refractivity contribution >= 4 is 40.6 Å². The summed E-state index contributed by atoms with van der Waals surface area (Å²) in [5, 5.41) is 6.89. The van der Waals surface area contributed by atoms with Crippen molar-refractivity contribution in [3.05, 3.63) is 44.1 Å². The van der Waals surface area contributed by atoms with Crippen molar-refractivity contribution in [3.63, 3.8) is 0 Å². The molecular formula is C13H12Cl2FN3OS. The fourth-order valence-electron chi connectivity index (χ4n) is 1.82. The highest BCUT2D eigenvalue weighted by atomic mass is 35.5. The predicted molar refractivity (Wildman–Crippen MR) is 81.6 cm³/mol. The number of nitrogens with zero attached hydrogens (tertiary/aromatic N) is 2. The molecule has 4 nitrogen and oxygen atoms in total. The van der Waals surface area contributed by atoms with E-state index < -0.39 is 11.9 Å². The van der Waals surface area contributed by atoms with E-state index in [1.54, 1.807) is 6.92 Å². The van der Waals surface area contributed by atoms with Crippen molar-refractivity contribution < 1.29 is 9.18 Å². The van der Waals surface area contributed by atoms with Crippen LogP contribution in [0.1, 0.15) is 40.8 Å². The molecule has 2 rings (SSSR count). The van der Waals surface area contributed by atoms with Gasteiger partial charge in [-0.05, 0) is 42.6 Å². The molecule has 0 saturated carbocycles. The lowest BCUT2D eigenvalue weighted by molar-refractivity contribution is 0.0943. The van der Waals surface area contributed by atoms with Crippen LogP contribution in [-0.4, -0.2) is 15.5 Å². The summed E-state index contributed by atoms with van der Waals surface area (Å²) in [4.78, 5) is 12.6. The van der Waals surface area contributed by atoms with Gasteiger partial charge in [-0.25, -0.2) is 4.39 Å². The number of hydrogen-bond donors (Lipinski definition) is 1. The van der Waals surface area contributed by atoms with Gasteiger partial charge in [-0.3, -0.25) is 4.79 Å². The van der Waals surface area contributed by atoms with Gasteiger partial charge in [0.1, 0.15) is 10.7 Å². The second-order valence-corrected chi connectivity index (χ2v) is 5.95. The van der Waals surface area contributed by atoms with Gasteiger partial charge in [0, 0.05) is 5.02 Å². The lowest BCUT2D eigenvalue weighted by Crippen LogP contribution is -2.27. The molecule has 1 aromatic heterocycles. The maximum atomic E-state index is 13.5. The summed E-state index contributed by atoms with van der Waals surface area (Å²) >= 11 is 12.7. The molecule has 1 heterocycles. The minimum Gasteiger partial charge on any atom is -0.345 e. The maximum Gasteiger partial charge on any atom is 0.265 e. The molecule has 0 bridgehead atoms. The number of aromatic nitrogens is 2. The van der Waals surface area contributed by atoms with Gasteiger partial charge in [-0.15, -0.1) is 5.10 Å². The van der Waals surface area contributed by atoms with Gasteiger partial charge in [-0.2, -0.15) is 0 Å². The number of halogens is 3. The Labute approximate surface area is 135 Å². The second-order valence-electron chi connectivity index (χ2n) is 4.39. The molecule has 8 heteroatoms. The van der Waals surface area contributed by atoms with E-state index >= 15 is 0 Å². The van der Waals surface area contributed by atoms with Crippen LogP contribution in [0.25, 0.3) is 0 Å². The Morgan fingerprint density at radius 2 is 2.14 bits per heavy atom. The van der Waals surface area contributed by atoms with E-state index in [1.807, 2.05) is 6.92 Å². The Morgan fingerprint density at radius 1 is 1.43 bits per heavy atom. The quantitative estimate of drug-likeness (QED) is 0.849. The number of carbonyl (C=O) groups is 1. The fourth-order valence-corrected chi connectivity index (χ4v) is 3.02. The van der Waals surface area contributed by atoms with Crippen LogP contribution in [-0.2, 0) is 6.42 Å². The lowest BCUT2D eigenvalue weighted by atomic mass is 10.1. The molecule has 1 N–H and O–H groups in total. The third-order valence-electron chi connectivity index (χ3n) is 2.95. The summed E-state index contributed by atoms with van der Waals surface area (Å²) in [6.07, 6.45) is 0.615. The highest BCUT2D eigenvalue weighted by Crippen LogP contribution is 2.29. The molecule has 1 aromatic carbocycles. The topological polar surface area (TPSA) is 54.9 Å². The smallest absolute Gasteiger partial charge is 0.265 e. The van der Waals surface area contributed by atoms with E-state index in [9.17, 15) is 9.18 Å². The minimum absolute atomic E-state index is 0.0535. The van der Waals surface area contributed by atoms with Crippen molar-refractivity contribution in [1.82, 2.24) is 14.9 Å². The Kier molecular flexibility index (Phi) is 5.13. The monoisotopic (exact) mass is 347 g/mol. The maximum absolute atomic E-state index is 13.5. The Morgan fingerprint density at radius 3 is 2.81 bits per heavy atom. The highest BCUT2D eigenvalue weighted by Gasteiger charge is 2.20. The number of benzene rings is 1. The zero-order valence-electron chi connectivity index (χ0n) is 11.3. The van der Waals surface area contributed by atoms with E-state index in [0.717, 1.165) is 11.5 Å². The first-order valence-corrected chi connectivity index (χ1v) is 7.73. The van der Waals surface area contributed by atoms with Crippen molar-refractivity contribution in [2.24, 2.45) is 0 Å². The summed E-state index contributed by atoms with van der Waals surface area (Å²) in [7, 11) is 0. The molecule has 2 aromatic rings. The largest absolute Gasteiger partial charge is 0.345 e. The number of hydrogen-bond acceptors (Lipinski definition) is 4. The van der Waals surface area contributed by atoms with Gasteiger partial charge in [0.05, 0.1) is 16.8 Å². The molecule has 0 radical (unpaired) electrons. The highest BCUT2D eigenvalue weighted by molar-refractivity contribution is 7.08. The molecule has 0 unspecified atom stereocenters. The molecule has 0 saturated heterocycles. The van der Waals surface area contributed by atoms with Crippen LogP contribution in [0.4, 0.5) is 4.39 Å². The predicted octanol–water partition coefficient (Wildman–Crippen LogP) is 4.04. The molecule has 0 spiro atoms. The van der Waals surface area contributed by atoms with Crippen molar-refractivity contribution in [1.29, 1.82) is 0 Å². The second kappa shape index (κ2) is 6.68. The van der Waals surface area contributed by atoms with E-state index in [0.29, 0.717) is 27.6 Å². The molecule has 0 aliphatic carbocycles. The minimum atomic E-state index is -0.578. The number of aryl methyl sites for hydroxylation is 1. The fraction of sp³-hybridized carbons (Fsp3) is 0.308. The standard InChI is InChI=1S/C13H12Cl2FN3OS/c1-3-11-12(21-19-18-11)13(20)17-6(2)7-4-10(16)9(15)5-8(7)14/h4-6H,3H2,1-2H3,(H,17,20)/t6-/m0/s1. The molecule has 112 valence electrons. The third-order valence-corrected chi connectivity index (χ3v) is 4.33. The average Bonchev–Trinajstić information content (AvgIpc) is 2.91. The first-order valence-electron chi connectivity index (χ1n) is 6.20. The van der Waals surface area contributed by atoms with Crippen LogP contribution < -0.4 is 5.32 Å². The summed E-state index contributed by atoms with van der Waals surface area (Å²) in [5.41, 5.74) is 1.10. The van der Waals surface area contributed by atoms with Crippen LogP contribution in [0.3, 0.4) is 0 Å². The summed E-state index contributed by atoms with van der Waals surface area (Å²) in [5.74, 6) is -0.883. The Bertz CT molecular complexity index is 677. The molecule has 1 amide bonds. The zero-order valence-corrected chi connectivity index (χ0v) is 13.6. The zero-order chi connectivity index (χ0) is 15.6. The van der Waals surface area contributed by atoms with Gasteiger partial charge >= 0.3 is 0 Å². The van der Waals surface area contributed by atoms with Crippen LogP contribution in [0.5, 0.6) is 0 Å². The van der Waals surface area contributed by atoms with Crippen LogP contribution in [0.15, 0.2) is 12.1 Å². The number of amides is 1. The van der Waals surface area contributed by atoms with Gasteiger partial charge < -0.3 is 5.32 Å². The molecule has 0 aliphatic rings. The van der Waals surface area contributed by atoms with E-state index in [1.165, 1.54) is 12.1 Å². The number of rotatable bonds is 4. The molecule has 0 fully saturated rings. The Hall–Kier alpha value is -1.24. The van der Waals surface area contributed by atoms with Gasteiger partial charge in [0.15, 0.2) is 0 Å². The average molecular weight is 348 g/mol. The first kappa shape index (κ1) is 16.1. The molecular weight excluding hydrogens is 336 g/mol. The first-order chi connectivity index (χ1) is 9.93. The SMILES string of the molecule is CCc1nnsc1C(=O)N[C@@H](C)c1cc(F)c(Cl)cc1Cl. The third kappa shape index (κ3) is 3.51. The summed E-state index contributed by atoms with van der Waals surface area (Å²) in [6.45, 7) is 3.61. The van der Waals surface area contributed by atoms with Gasteiger partial charge in [0.2, 0.25) is 0 Å². The van der Waals surface area contributed by atoms with E-state index in [2.05, 4.69) is 14.9 Å². The normalized spacial score (nSPS) is 12.2. The van der Waals surface area contributed by atoms with E-state index in [-0.39, 0.29) is 10.9 Å². The van der Waals surface area contributed by atoms with Crippen LogP contribution in [0, 0.1) is 5.82 Å². The van der Waals surface area contributed by atoms with Gasteiger partial charge in [0.25, 0.3) is 5.91 Å². The number of nitrogens with one attached hydrogen (secondary N) is 1. The molecule has 0 aliphatic heterocycles. The van der Waals surface area contributed by atoms with Crippen molar-refractivity contribution in [2.45, 2.75) is 26.3 Å². The van der Waals surface area contributed by atoms with Gasteiger partial charge in [-0.1, -0.05) is 34.6 Å². The Balaban J connectivity index is 2.20. The van der Waals surface area contributed by atoms with E-state index in [4.69, 9.17) is 23.2 Å². The van der Waals surface area contributed by atoms with Crippen LogP contribution >= 0.6 is 34.7 Å². The van der Waals surface area contributed by atoms with Crippen molar-refractivity contribution in [2.75, 3.05) is 0 Å². The molecule has 21 heavy (non-hydrogen) atoms. The summed E-state index contributed by atoms with van der Waals surface area (Å²) in [6, 6.07) is 2.08. The van der Waals surface area contributed by atoms with Crippen LogP contribution in [0.2, 0.25) is 10.0 Å². The molecule has 1 atom stereocenters. The van der Waals surface area contributed by atoms with Crippen molar-refractivity contribution in [3.8, 4) is 0 Å². The lowest BCUT2D eigenvalue weighted by Gasteiger charge is -2.16.